The lowest BCUT2D eigenvalue weighted by Gasteiger charge is -2.35. The molecule has 0 bridgehead atoms. The van der Waals surface area contributed by atoms with Crippen molar-refractivity contribution in [3.8, 4) is 0 Å². The van der Waals surface area contributed by atoms with Gasteiger partial charge in [0.1, 0.15) is 18.6 Å². The Morgan fingerprint density at radius 2 is 2.00 bits per heavy atom. The van der Waals surface area contributed by atoms with Gasteiger partial charge in [0.15, 0.2) is 0 Å². The lowest BCUT2D eigenvalue weighted by atomic mass is 10.1. The van der Waals surface area contributed by atoms with Crippen molar-refractivity contribution in [2.24, 2.45) is 0 Å². The third-order valence-corrected chi connectivity index (χ3v) is 4.03. The molecule has 3 rings (SSSR count). The Morgan fingerprint density at radius 1 is 1.28 bits per heavy atom. The molecule has 1 aliphatic heterocycles. The number of aromatic nitrogens is 1. The molecule has 1 aromatic carbocycles. The van der Waals surface area contributed by atoms with E-state index in [9.17, 15) is 9.59 Å². The number of nitrogens with zero attached hydrogens (tertiary/aromatic N) is 2. The highest BCUT2D eigenvalue weighted by molar-refractivity contribution is 6.01. The highest BCUT2D eigenvalue weighted by Gasteiger charge is 2.30. The van der Waals surface area contributed by atoms with Gasteiger partial charge < -0.3 is 20.3 Å². The Labute approximate surface area is 146 Å². The molecule has 2 N–H and O–H groups in total. The van der Waals surface area contributed by atoms with Gasteiger partial charge in [0.25, 0.3) is 5.91 Å². The van der Waals surface area contributed by atoms with Crippen LogP contribution in [0.5, 0.6) is 0 Å². The molecule has 1 aromatic heterocycles. The van der Waals surface area contributed by atoms with Crippen LogP contribution in [-0.4, -0.2) is 37.6 Å². The Morgan fingerprint density at radius 3 is 2.68 bits per heavy atom. The summed E-state index contributed by atoms with van der Waals surface area (Å²) in [6.45, 7) is 1.90. The molecule has 0 radical (unpaired) electrons. The number of carbonyl (C=O) groups excluding carboxylic acids is 2. The molecule has 1 atom stereocenters. The predicted octanol–water partition coefficient (Wildman–Crippen LogP) is 1.85. The summed E-state index contributed by atoms with van der Waals surface area (Å²) >= 11 is 0. The second-order valence-corrected chi connectivity index (χ2v) is 5.91. The largest absolute Gasteiger partial charge is 0.375 e. The topological polar surface area (TPSA) is 83.6 Å². The molecule has 0 spiro atoms. The summed E-state index contributed by atoms with van der Waals surface area (Å²) in [5.41, 5.74) is 2.99. The van der Waals surface area contributed by atoms with Crippen molar-refractivity contribution in [1.82, 2.24) is 10.3 Å². The van der Waals surface area contributed by atoms with Crippen molar-refractivity contribution >= 4 is 23.3 Å². The van der Waals surface area contributed by atoms with Crippen LogP contribution in [0.15, 0.2) is 36.4 Å². The van der Waals surface area contributed by atoms with E-state index in [2.05, 4.69) is 15.6 Å². The number of methoxy groups -OCH3 is 1. The number of hydrogen-bond acceptors (Lipinski definition) is 5. The summed E-state index contributed by atoms with van der Waals surface area (Å²) in [6, 6.07) is 10.9. The molecular formula is C18H20N4O3. The standard InChI is InChI=1S/C18H20N4O3/c1-11-4-9-14-17(19-11)22(2)16(21-18(14)24)12-5-7-13(8-6-12)20-15(23)10-25-3/h4-9,16H,10H2,1-3H3,(H,20,23)(H,21,24). The summed E-state index contributed by atoms with van der Waals surface area (Å²) in [7, 11) is 3.36. The van der Waals surface area contributed by atoms with Crippen molar-refractivity contribution in [1.29, 1.82) is 0 Å². The van der Waals surface area contributed by atoms with E-state index in [1.807, 2.05) is 37.1 Å². The second-order valence-electron chi connectivity index (χ2n) is 5.91. The molecule has 0 aliphatic carbocycles. The van der Waals surface area contributed by atoms with E-state index in [1.165, 1.54) is 7.11 Å². The molecule has 0 saturated heterocycles. The molecule has 1 unspecified atom stereocenters. The summed E-state index contributed by atoms with van der Waals surface area (Å²) in [5, 5.41) is 5.72. The van der Waals surface area contributed by atoms with Gasteiger partial charge in [-0.15, -0.1) is 0 Å². The minimum Gasteiger partial charge on any atom is -0.375 e. The zero-order valence-electron chi connectivity index (χ0n) is 14.4. The number of amides is 2. The number of nitrogens with one attached hydrogen (secondary N) is 2. The highest BCUT2D eigenvalue weighted by Crippen LogP contribution is 2.30. The molecule has 7 heteroatoms. The van der Waals surface area contributed by atoms with E-state index in [-0.39, 0.29) is 24.6 Å². The maximum atomic E-state index is 12.4. The first kappa shape index (κ1) is 16.9. The van der Waals surface area contributed by atoms with Crippen molar-refractivity contribution < 1.29 is 14.3 Å². The summed E-state index contributed by atoms with van der Waals surface area (Å²) in [6.07, 6.45) is -0.321. The van der Waals surface area contributed by atoms with Crippen LogP contribution < -0.4 is 15.5 Å². The molecule has 1 aliphatic rings. The van der Waals surface area contributed by atoms with Gasteiger partial charge in [-0.2, -0.15) is 0 Å². The SMILES string of the molecule is COCC(=O)Nc1ccc(C2NC(=O)c3ccc(C)nc3N2C)cc1. The van der Waals surface area contributed by atoms with Crippen molar-refractivity contribution in [2.75, 3.05) is 31.0 Å². The molecule has 0 fully saturated rings. The third-order valence-electron chi connectivity index (χ3n) is 4.03. The van der Waals surface area contributed by atoms with E-state index in [0.717, 1.165) is 11.3 Å². The molecule has 2 amide bonds. The van der Waals surface area contributed by atoms with Crippen LogP contribution in [0.1, 0.15) is 27.8 Å². The maximum Gasteiger partial charge on any atom is 0.256 e. The summed E-state index contributed by atoms with van der Waals surface area (Å²) in [5.74, 6) is 0.293. The van der Waals surface area contributed by atoms with Gasteiger partial charge >= 0.3 is 0 Å². The zero-order chi connectivity index (χ0) is 18.0. The lowest BCUT2D eigenvalue weighted by Crippen LogP contribution is -2.45. The fourth-order valence-corrected chi connectivity index (χ4v) is 2.79. The highest BCUT2D eigenvalue weighted by atomic mass is 16.5. The van der Waals surface area contributed by atoms with Gasteiger partial charge in [0.2, 0.25) is 5.91 Å². The first-order chi connectivity index (χ1) is 12.0. The van der Waals surface area contributed by atoms with E-state index in [0.29, 0.717) is 17.1 Å². The summed E-state index contributed by atoms with van der Waals surface area (Å²) in [4.78, 5) is 30.3. The van der Waals surface area contributed by atoms with E-state index in [1.54, 1.807) is 18.2 Å². The fourth-order valence-electron chi connectivity index (χ4n) is 2.79. The van der Waals surface area contributed by atoms with Crippen LogP contribution in [0.4, 0.5) is 11.5 Å². The van der Waals surface area contributed by atoms with Crippen LogP contribution in [-0.2, 0) is 9.53 Å². The first-order valence-electron chi connectivity index (χ1n) is 7.89. The van der Waals surface area contributed by atoms with Crippen LogP contribution in [0.25, 0.3) is 0 Å². The van der Waals surface area contributed by atoms with E-state index in [4.69, 9.17) is 4.74 Å². The minimum atomic E-state index is -0.321. The normalized spacial score (nSPS) is 16.2. The minimum absolute atomic E-state index is 0.00494. The maximum absolute atomic E-state index is 12.4. The van der Waals surface area contributed by atoms with Crippen molar-refractivity contribution in [2.45, 2.75) is 13.1 Å². The number of benzene rings is 1. The van der Waals surface area contributed by atoms with Gasteiger partial charge in [0.05, 0.1) is 5.56 Å². The first-order valence-corrected chi connectivity index (χ1v) is 7.89. The van der Waals surface area contributed by atoms with Crippen LogP contribution in [0, 0.1) is 6.92 Å². The number of anilines is 2. The Kier molecular flexibility index (Phi) is 4.67. The lowest BCUT2D eigenvalue weighted by molar-refractivity contribution is -0.119. The molecule has 7 nitrogen and oxygen atoms in total. The number of carbonyl (C=O) groups is 2. The Balaban J connectivity index is 1.82. The average molecular weight is 340 g/mol. The van der Waals surface area contributed by atoms with Gasteiger partial charge in [0, 0.05) is 25.5 Å². The quantitative estimate of drug-likeness (QED) is 0.887. The van der Waals surface area contributed by atoms with Gasteiger partial charge in [-0.1, -0.05) is 12.1 Å². The van der Waals surface area contributed by atoms with Crippen LogP contribution in [0.2, 0.25) is 0 Å². The van der Waals surface area contributed by atoms with Gasteiger partial charge in [-0.05, 0) is 36.8 Å². The number of ether oxygens (including phenoxy) is 1. The smallest absolute Gasteiger partial charge is 0.256 e. The third kappa shape index (κ3) is 3.46. The monoisotopic (exact) mass is 340 g/mol. The van der Waals surface area contributed by atoms with E-state index >= 15 is 0 Å². The number of aryl methyl sites for hydroxylation is 1. The van der Waals surface area contributed by atoms with Crippen molar-refractivity contribution in [3.05, 3.63) is 53.2 Å². The fraction of sp³-hybridized carbons (Fsp3) is 0.278. The number of pyridine rings is 1. The molecular weight excluding hydrogens is 320 g/mol. The van der Waals surface area contributed by atoms with E-state index < -0.39 is 0 Å². The van der Waals surface area contributed by atoms with Gasteiger partial charge in [-0.25, -0.2) is 4.98 Å². The average Bonchev–Trinajstić information content (AvgIpc) is 2.59. The zero-order valence-corrected chi connectivity index (χ0v) is 14.4. The molecule has 2 aromatic rings. The van der Waals surface area contributed by atoms with Crippen LogP contribution >= 0.6 is 0 Å². The number of rotatable bonds is 4. The van der Waals surface area contributed by atoms with Crippen LogP contribution in [0.3, 0.4) is 0 Å². The number of hydrogen-bond donors (Lipinski definition) is 2. The van der Waals surface area contributed by atoms with Crippen molar-refractivity contribution in [3.63, 3.8) is 0 Å². The Hall–Kier alpha value is -2.93. The molecule has 0 saturated carbocycles. The van der Waals surface area contributed by atoms with Gasteiger partial charge in [-0.3, -0.25) is 9.59 Å². The second kappa shape index (κ2) is 6.90. The molecule has 25 heavy (non-hydrogen) atoms. The summed E-state index contributed by atoms with van der Waals surface area (Å²) < 4.78 is 4.79. The molecule has 2 heterocycles. The molecule has 130 valence electrons. The number of fused-ring (bicyclic) bond motifs is 1. The predicted molar refractivity (Wildman–Crippen MR) is 94.5 cm³/mol. The Bertz CT molecular complexity index is 804.